The van der Waals surface area contributed by atoms with Crippen molar-refractivity contribution in [3.8, 4) is 0 Å². The van der Waals surface area contributed by atoms with E-state index in [-0.39, 0.29) is 12.0 Å². The van der Waals surface area contributed by atoms with E-state index in [1.165, 1.54) is 7.11 Å². The van der Waals surface area contributed by atoms with Crippen LogP contribution in [0.4, 0.5) is 10.5 Å². The number of methoxy groups -OCH3 is 1. The van der Waals surface area contributed by atoms with Crippen LogP contribution in [0.3, 0.4) is 0 Å². The van der Waals surface area contributed by atoms with Crippen molar-refractivity contribution in [2.24, 2.45) is 0 Å². The second-order valence-corrected chi connectivity index (χ2v) is 6.14. The maximum absolute atomic E-state index is 11.9. The van der Waals surface area contributed by atoms with Crippen LogP contribution in [0, 0.1) is 6.92 Å². The SMILES string of the molecule is COC(=O)c1ccc(CCNC(=O)Nc2ccc(C)c(Br)c2)cc1. The first-order valence-corrected chi connectivity index (χ1v) is 8.27. The number of carbonyl (C=O) groups excluding carboxylic acids is 2. The van der Waals surface area contributed by atoms with Gasteiger partial charge in [-0.2, -0.15) is 0 Å². The molecular weight excluding hydrogens is 372 g/mol. The highest BCUT2D eigenvalue weighted by Crippen LogP contribution is 2.20. The Morgan fingerprint density at radius 3 is 2.46 bits per heavy atom. The summed E-state index contributed by atoms with van der Waals surface area (Å²) in [5.74, 6) is -0.358. The number of rotatable bonds is 5. The summed E-state index contributed by atoms with van der Waals surface area (Å²) in [5, 5.41) is 5.59. The molecule has 2 aromatic carbocycles. The summed E-state index contributed by atoms with van der Waals surface area (Å²) >= 11 is 3.44. The lowest BCUT2D eigenvalue weighted by molar-refractivity contribution is 0.0600. The summed E-state index contributed by atoms with van der Waals surface area (Å²) in [6.07, 6.45) is 0.673. The molecule has 0 atom stereocenters. The molecular formula is C18H19BrN2O3. The van der Waals surface area contributed by atoms with Gasteiger partial charge in [-0.3, -0.25) is 0 Å². The Morgan fingerprint density at radius 1 is 1.12 bits per heavy atom. The van der Waals surface area contributed by atoms with Gasteiger partial charge in [-0.05, 0) is 48.7 Å². The molecule has 126 valence electrons. The molecule has 0 saturated heterocycles. The number of carbonyl (C=O) groups is 2. The van der Waals surface area contributed by atoms with E-state index in [9.17, 15) is 9.59 Å². The van der Waals surface area contributed by atoms with Crippen molar-refractivity contribution in [3.63, 3.8) is 0 Å². The number of urea groups is 1. The van der Waals surface area contributed by atoms with E-state index in [1.807, 2.05) is 37.3 Å². The zero-order chi connectivity index (χ0) is 17.5. The second-order valence-electron chi connectivity index (χ2n) is 5.28. The van der Waals surface area contributed by atoms with Crippen molar-refractivity contribution < 1.29 is 14.3 Å². The molecule has 0 heterocycles. The highest BCUT2D eigenvalue weighted by Gasteiger charge is 2.05. The summed E-state index contributed by atoms with van der Waals surface area (Å²) in [6, 6.07) is 12.5. The standard InChI is InChI=1S/C18H19BrN2O3/c1-12-3-8-15(11-16(12)19)21-18(23)20-10-9-13-4-6-14(7-5-13)17(22)24-2/h3-8,11H,9-10H2,1-2H3,(H2,20,21,23). The molecule has 0 saturated carbocycles. The molecule has 0 spiro atoms. The van der Waals surface area contributed by atoms with E-state index in [4.69, 9.17) is 0 Å². The van der Waals surface area contributed by atoms with Crippen LogP contribution in [0.25, 0.3) is 0 Å². The number of anilines is 1. The maximum atomic E-state index is 11.9. The number of nitrogens with one attached hydrogen (secondary N) is 2. The summed E-state index contributed by atoms with van der Waals surface area (Å²) in [6.45, 7) is 2.48. The predicted molar refractivity (Wildman–Crippen MR) is 97.4 cm³/mol. The topological polar surface area (TPSA) is 67.4 Å². The second kappa shape index (κ2) is 8.49. The van der Waals surface area contributed by atoms with Gasteiger partial charge in [0.15, 0.2) is 0 Å². The number of esters is 1. The molecule has 2 aromatic rings. The van der Waals surface area contributed by atoms with Gasteiger partial charge in [0.1, 0.15) is 0 Å². The van der Waals surface area contributed by atoms with Crippen LogP contribution in [0.1, 0.15) is 21.5 Å². The number of aryl methyl sites for hydroxylation is 1. The van der Waals surface area contributed by atoms with E-state index in [1.54, 1.807) is 12.1 Å². The largest absolute Gasteiger partial charge is 0.465 e. The lowest BCUT2D eigenvalue weighted by Crippen LogP contribution is -2.30. The molecule has 0 aliphatic heterocycles. The zero-order valence-corrected chi connectivity index (χ0v) is 15.1. The smallest absolute Gasteiger partial charge is 0.337 e. The summed E-state index contributed by atoms with van der Waals surface area (Å²) in [5.41, 5.74) is 3.38. The minimum absolute atomic E-state index is 0.253. The summed E-state index contributed by atoms with van der Waals surface area (Å²) in [4.78, 5) is 23.2. The van der Waals surface area contributed by atoms with Gasteiger partial charge in [0.05, 0.1) is 12.7 Å². The lowest BCUT2D eigenvalue weighted by Gasteiger charge is -2.09. The van der Waals surface area contributed by atoms with Gasteiger partial charge >= 0.3 is 12.0 Å². The van der Waals surface area contributed by atoms with Gasteiger partial charge in [-0.25, -0.2) is 9.59 Å². The van der Waals surface area contributed by atoms with Crippen molar-refractivity contribution >= 4 is 33.6 Å². The fraction of sp³-hybridized carbons (Fsp3) is 0.222. The van der Waals surface area contributed by atoms with Crippen molar-refractivity contribution in [1.29, 1.82) is 0 Å². The highest BCUT2D eigenvalue weighted by atomic mass is 79.9. The molecule has 0 unspecified atom stereocenters. The molecule has 0 aromatic heterocycles. The van der Waals surface area contributed by atoms with Crippen LogP contribution >= 0.6 is 15.9 Å². The maximum Gasteiger partial charge on any atom is 0.337 e. The van der Waals surface area contributed by atoms with Crippen LogP contribution in [-0.2, 0) is 11.2 Å². The fourth-order valence-corrected chi connectivity index (χ4v) is 2.47. The lowest BCUT2D eigenvalue weighted by atomic mass is 10.1. The molecule has 0 aliphatic rings. The number of amides is 2. The Bertz CT molecular complexity index is 730. The first-order valence-electron chi connectivity index (χ1n) is 7.48. The molecule has 0 bridgehead atoms. The Kier molecular flexibility index (Phi) is 6.37. The molecule has 24 heavy (non-hydrogen) atoms. The third-order valence-corrected chi connectivity index (χ3v) is 4.36. The van der Waals surface area contributed by atoms with Gasteiger partial charge in [0, 0.05) is 16.7 Å². The van der Waals surface area contributed by atoms with Crippen LogP contribution < -0.4 is 10.6 Å². The normalized spacial score (nSPS) is 10.1. The third-order valence-electron chi connectivity index (χ3n) is 3.50. The third kappa shape index (κ3) is 5.09. The van der Waals surface area contributed by atoms with Crippen molar-refractivity contribution in [3.05, 3.63) is 63.6 Å². The highest BCUT2D eigenvalue weighted by molar-refractivity contribution is 9.10. The van der Waals surface area contributed by atoms with Gasteiger partial charge in [0.25, 0.3) is 0 Å². The number of hydrogen-bond acceptors (Lipinski definition) is 3. The van der Waals surface area contributed by atoms with E-state index in [0.29, 0.717) is 18.5 Å². The molecule has 0 aliphatic carbocycles. The van der Waals surface area contributed by atoms with Gasteiger partial charge in [-0.15, -0.1) is 0 Å². The molecule has 0 radical (unpaired) electrons. The van der Waals surface area contributed by atoms with Gasteiger partial charge in [-0.1, -0.05) is 34.1 Å². The predicted octanol–water partition coefficient (Wildman–Crippen LogP) is 3.91. The minimum atomic E-state index is -0.358. The molecule has 0 fully saturated rings. The Morgan fingerprint density at radius 2 is 1.83 bits per heavy atom. The molecule has 2 N–H and O–H groups in total. The Labute approximate surface area is 149 Å². The van der Waals surface area contributed by atoms with Crippen LogP contribution in [0.15, 0.2) is 46.9 Å². The zero-order valence-electron chi connectivity index (χ0n) is 13.6. The molecule has 6 heteroatoms. The van der Waals surface area contributed by atoms with E-state index in [2.05, 4.69) is 31.3 Å². The monoisotopic (exact) mass is 390 g/mol. The number of hydrogen-bond donors (Lipinski definition) is 2. The summed E-state index contributed by atoms with van der Waals surface area (Å²) < 4.78 is 5.60. The minimum Gasteiger partial charge on any atom is -0.465 e. The molecule has 2 rings (SSSR count). The van der Waals surface area contributed by atoms with Crippen LogP contribution in [-0.4, -0.2) is 25.7 Å². The molecule has 5 nitrogen and oxygen atoms in total. The van der Waals surface area contributed by atoms with E-state index in [0.717, 1.165) is 21.3 Å². The van der Waals surface area contributed by atoms with Crippen molar-refractivity contribution in [1.82, 2.24) is 5.32 Å². The van der Waals surface area contributed by atoms with Crippen molar-refractivity contribution in [2.45, 2.75) is 13.3 Å². The number of halogens is 1. The van der Waals surface area contributed by atoms with Crippen LogP contribution in [0.2, 0.25) is 0 Å². The van der Waals surface area contributed by atoms with Crippen molar-refractivity contribution in [2.75, 3.05) is 19.0 Å². The molecule has 2 amide bonds. The Hall–Kier alpha value is -2.34. The Balaban J connectivity index is 1.79. The fourth-order valence-electron chi connectivity index (χ4n) is 2.09. The summed E-state index contributed by atoms with van der Waals surface area (Å²) in [7, 11) is 1.35. The average Bonchev–Trinajstić information content (AvgIpc) is 2.58. The van der Waals surface area contributed by atoms with Gasteiger partial charge in [0.2, 0.25) is 0 Å². The van der Waals surface area contributed by atoms with E-state index < -0.39 is 0 Å². The van der Waals surface area contributed by atoms with Gasteiger partial charge < -0.3 is 15.4 Å². The van der Waals surface area contributed by atoms with Crippen LogP contribution in [0.5, 0.6) is 0 Å². The first kappa shape index (κ1) is 18.0. The quantitative estimate of drug-likeness (QED) is 0.760. The first-order chi connectivity index (χ1) is 11.5. The number of ether oxygens (including phenoxy) is 1. The average molecular weight is 391 g/mol. The van der Waals surface area contributed by atoms with E-state index >= 15 is 0 Å². The number of benzene rings is 2.